The van der Waals surface area contributed by atoms with Crippen molar-refractivity contribution < 1.29 is 0 Å². The average molecular weight is 217 g/mol. The minimum absolute atomic E-state index is 1.25. The van der Waals surface area contributed by atoms with Crippen LogP contribution < -0.4 is 0 Å². The summed E-state index contributed by atoms with van der Waals surface area (Å²) in [7, 11) is 0. The van der Waals surface area contributed by atoms with E-state index in [0.29, 0.717) is 0 Å². The molecule has 0 rings (SSSR count). The van der Waals surface area contributed by atoms with Crippen molar-refractivity contribution in [1.29, 1.82) is 0 Å². The van der Waals surface area contributed by atoms with Gasteiger partial charge in [0.2, 0.25) is 0 Å². The van der Waals surface area contributed by atoms with Crippen LogP contribution in [0.2, 0.25) is 0 Å². The van der Waals surface area contributed by atoms with Crippen LogP contribution in [0, 0.1) is 0 Å². The monoisotopic (exact) mass is 218 g/mol. The first kappa shape index (κ1) is 8.54. The Balaban J connectivity index is 2.82. The summed E-state index contributed by atoms with van der Waals surface area (Å²) < 4.78 is 1.45. The fourth-order valence-corrected chi connectivity index (χ4v) is 1.18. The van der Waals surface area contributed by atoms with Crippen molar-refractivity contribution in [2.75, 3.05) is 0 Å². The van der Waals surface area contributed by atoms with Crippen LogP contribution in [0.4, 0.5) is 0 Å². The normalized spacial score (nSPS) is 9.25. The predicted octanol–water partition coefficient (Wildman–Crippen LogP) is 1.98. The maximum absolute atomic E-state index is 3.88. The van der Waals surface area contributed by atoms with Crippen molar-refractivity contribution >= 4 is 22.5 Å². The Labute approximate surface area is 65.4 Å². The van der Waals surface area contributed by atoms with Crippen LogP contribution in [0.1, 0.15) is 32.6 Å². The van der Waals surface area contributed by atoms with Crippen LogP contribution in [-0.2, 0) is 0 Å². The van der Waals surface area contributed by atoms with Gasteiger partial charge in [-0.25, -0.2) is 0 Å². The molecule has 0 aliphatic rings. The average Bonchev–Trinajstić information content (AvgIpc) is 1.66. The molecule has 0 nitrogen and oxygen atoms in total. The second kappa shape index (κ2) is 5.67. The van der Waals surface area contributed by atoms with Gasteiger partial charge in [0.1, 0.15) is 0 Å². The van der Waals surface area contributed by atoms with Gasteiger partial charge in [0.05, 0.1) is 0 Å². The number of hydrogen-bond acceptors (Lipinski definition) is 0. The summed E-state index contributed by atoms with van der Waals surface area (Å²) in [4.78, 5) is 0. The van der Waals surface area contributed by atoms with E-state index in [-0.39, 0.29) is 0 Å². The summed E-state index contributed by atoms with van der Waals surface area (Å²) in [5.41, 5.74) is 0. The zero-order chi connectivity index (χ0) is 6.41. The summed E-state index contributed by atoms with van der Waals surface area (Å²) in [5, 5.41) is 0. The third-order valence-electron chi connectivity index (χ3n) is 1.10. The van der Waals surface area contributed by atoms with Crippen LogP contribution in [0.3, 0.4) is 0 Å². The quantitative estimate of drug-likeness (QED) is 0.498. The number of unbranched alkanes of at least 4 members (excludes halogenated alkanes) is 2. The van der Waals surface area contributed by atoms with Crippen molar-refractivity contribution in [1.82, 2.24) is 0 Å². The summed E-state index contributed by atoms with van der Waals surface area (Å²) >= 11 is 1.25. The molecule has 0 saturated heterocycles. The molecule has 2 radical (unpaired) electrons. The number of hydrogen-bond donors (Lipinski definition) is 0. The third kappa shape index (κ3) is 6.54. The topological polar surface area (TPSA) is 0 Å². The number of allylic oxidation sites excluding steroid dienone is 1. The molecular weight excluding hydrogens is 203 g/mol. The van der Waals surface area contributed by atoms with Crippen LogP contribution in [0.15, 0.2) is 10.2 Å². The molecule has 0 fully saturated rings. The first-order valence-electron chi connectivity index (χ1n) is 3.20. The van der Waals surface area contributed by atoms with Crippen molar-refractivity contribution in [3.05, 3.63) is 10.2 Å². The zero-order valence-electron chi connectivity index (χ0n) is 5.61. The van der Waals surface area contributed by atoms with E-state index in [9.17, 15) is 0 Å². The third-order valence-corrected chi connectivity index (χ3v) is 1.93. The summed E-state index contributed by atoms with van der Waals surface area (Å²) in [5.74, 6) is 0. The van der Waals surface area contributed by atoms with Gasteiger partial charge in [-0.15, -0.1) is 0 Å². The standard InChI is InChI=1S/C7H13.Sn.H/c1-3-5-7-6-4-2;;/h1,4-7H2,2H3;;. The van der Waals surface area contributed by atoms with Crippen molar-refractivity contribution in [2.45, 2.75) is 32.6 Å². The fraction of sp³-hybridized carbons (Fsp3) is 0.714. The first-order chi connectivity index (χ1) is 3.77. The van der Waals surface area contributed by atoms with E-state index in [1.165, 1.54) is 51.8 Å². The van der Waals surface area contributed by atoms with Gasteiger partial charge in [-0.1, -0.05) is 0 Å². The van der Waals surface area contributed by atoms with E-state index in [4.69, 9.17) is 0 Å². The van der Waals surface area contributed by atoms with Crippen LogP contribution in [0.25, 0.3) is 0 Å². The Hall–Kier alpha value is 0.539. The van der Waals surface area contributed by atoms with Gasteiger partial charge in [0.15, 0.2) is 0 Å². The van der Waals surface area contributed by atoms with E-state index in [2.05, 4.69) is 13.5 Å². The molecule has 0 saturated carbocycles. The van der Waals surface area contributed by atoms with Crippen molar-refractivity contribution in [2.24, 2.45) is 0 Å². The second-order valence-corrected chi connectivity index (χ2v) is 4.45. The van der Waals surface area contributed by atoms with Gasteiger partial charge in [0.25, 0.3) is 0 Å². The predicted molar refractivity (Wildman–Crippen MR) is 40.4 cm³/mol. The van der Waals surface area contributed by atoms with E-state index < -0.39 is 0 Å². The Bertz CT molecular complexity index is 66.8. The van der Waals surface area contributed by atoms with Crippen LogP contribution in [0.5, 0.6) is 0 Å². The Kier molecular flexibility index (Phi) is 6.05. The summed E-state index contributed by atoms with van der Waals surface area (Å²) in [6.07, 6.45) is 5.33. The molecule has 0 unspecified atom stereocenters. The van der Waals surface area contributed by atoms with Crippen molar-refractivity contribution in [3.63, 3.8) is 0 Å². The van der Waals surface area contributed by atoms with E-state index in [1.807, 2.05) is 0 Å². The Morgan fingerprint density at radius 3 is 2.50 bits per heavy atom. The molecule has 0 aromatic rings. The summed E-state index contributed by atoms with van der Waals surface area (Å²) in [6.45, 7) is 6.12. The van der Waals surface area contributed by atoms with Crippen LogP contribution >= 0.6 is 0 Å². The molecule has 0 bridgehead atoms. The van der Waals surface area contributed by atoms with Crippen LogP contribution in [-0.4, -0.2) is 22.5 Å². The van der Waals surface area contributed by atoms with Gasteiger partial charge in [0, 0.05) is 0 Å². The molecule has 0 aliphatic carbocycles. The Morgan fingerprint density at radius 2 is 2.12 bits per heavy atom. The van der Waals surface area contributed by atoms with E-state index in [1.54, 1.807) is 0 Å². The first-order valence-corrected chi connectivity index (χ1v) is 4.85. The molecule has 0 amide bonds. The molecule has 0 atom stereocenters. The van der Waals surface area contributed by atoms with E-state index >= 15 is 0 Å². The maximum atomic E-state index is 3.88. The molecule has 0 heterocycles. The summed E-state index contributed by atoms with van der Waals surface area (Å²) in [6, 6.07) is 0. The Morgan fingerprint density at radius 1 is 1.50 bits per heavy atom. The van der Waals surface area contributed by atoms with Gasteiger partial charge in [-0.3, -0.25) is 0 Å². The number of rotatable bonds is 4. The van der Waals surface area contributed by atoms with Gasteiger partial charge < -0.3 is 0 Å². The van der Waals surface area contributed by atoms with Gasteiger partial charge in [-0.05, 0) is 0 Å². The SMILES string of the molecule is C=[C]([SnH])CCCCC. The molecule has 0 N–H and O–H groups in total. The molecule has 1 heteroatoms. The molecular formula is C7H14Sn. The molecule has 8 heavy (non-hydrogen) atoms. The fourth-order valence-electron chi connectivity index (χ4n) is 0.602. The van der Waals surface area contributed by atoms with Crippen molar-refractivity contribution in [3.8, 4) is 0 Å². The second-order valence-electron chi connectivity index (χ2n) is 2.12. The zero-order valence-corrected chi connectivity index (χ0v) is 8.91. The molecule has 0 spiro atoms. The molecule has 46 valence electrons. The molecule has 0 aliphatic heterocycles. The molecule has 0 aromatic carbocycles. The van der Waals surface area contributed by atoms with Gasteiger partial charge in [-0.2, -0.15) is 0 Å². The van der Waals surface area contributed by atoms with E-state index in [0.717, 1.165) is 0 Å². The molecule has 0 aromatic heterocycles. The van der Waals surface area contributed by atoms with Gasteiger partial charge >= 0.3 is 65.3 Å². The minimum atomic E-state index is 1.25.